The third kappa shape index (κ3) is 1.89. The second kappa shape index (κ2) is 3.66. The van der Waals surface area contributed by atoms with Gasteiger partial charge in [0.25, 0.3) is 5.91 Å². The first-order chi connectivity index (χ1) is 4.63. The summed E-state index contributed by atoms with van der Waals surface area (Å²) in [6.07, 6.45) is 1.58. The van der Waals surface area contributed by atoms with E-state index in [-0.39, 0.29) is 0 Å². The van der Waals surface area contributed by atoms with Crippen molar-refractivity contribution in [1.29, 1.82) is 0 Å². The van der Waals surface area contributed by atoms with E-state index in [1.165, 1.54) is 5.01 Å². The summed E-state index contributed by atoms with van der Waals surface area (Å²) in [7, 11) is 1.60. The molecular weight excluding hydrogens is 130 g/mol. The molecule has 0 heterocycles. The Labute approximate surface area is 60.0 Å². The molecule has 0 atom stereocenters. The van der Waals surface area contributed by atoms with Crippen molar-refractivity contribution in [2.24, 2.45) is 10.8 Å². The molecule has 0 aliphatic carbocycles. The standard InChI is InChI=1S/C6H11N3O/c1-4-5(6(7)10)9(3)8-2/h4H,2H2,1,3H3,(H2,7,10)/b5-4-. The number of nitrogens with two attached hydrogens (primary N) is 1. The molecule has 0 aromatic carbocycles. The molecule has 0 spiro atoms. The number of primary amides is 1. The Bertz CT molecular complexity index is 174. The molecular formula is C6H11N3O. The van der Waals surface area contributed by atoms with E-state index in [4.69, 9.17) is 5.73 Å². The molecule has 0 saturated carbocycles. The fourth-order valence-electron chi connectivity index (χ4n) is 0.565. The smallest absolute Gasteiger partial charge is 0.266 e. The molecule has 0 unspecified atom stereocenters. The Hall–Kier alpha value is -1.32. The molecule has 56 valence electrons. The van der Waals surface area contributed by atoms with Crippen molar-refractivity contribution in [3.05, 3.63) is 11.8 Å². The van der Waals surface area contributed by atoms with Crippen molar-refractivity contribution >= 4 is 12.6 Å². The Morgan fingerprint density at radius 3 is 2.40 bits per heavy atom. The third-order valence-electron chi connectivity index (χ3n) is 1.09. The highest BCUT2D eigenvalue weighted by molar-refractivity contribution is 5.91. The van der Waals surface area contributed by atoms with Crippen LogP contribution in [0.4, 0.5) is 0 Å². The predicted molar refractivity (Wildman–Crippen MR) is 40.3 cm³/mol. The lowest BCUT2D eigenvalue weighted by atomic mass is 10.4. The van der Waals surface area contributed by atoms with Gasteiger partial charge in [0.05, 0.1) is 0 Å². The van der Waals surface area contributed by atoms with E-state index in [1.54, 1.807) is 20.0 Å². The summed E-state index contributed by atoms with van der Waals surface area (Å²) in [6, 6.07) is 0. The molecule has 0 rings (SSSR count). The largest absolute Gasteiger partial charge is 0.364 e. The number of rotatable bonds is 3. The number of allylic oxidation sites excluding steroid dienone is 1. The van der Waals surface area contributed by atoms with Crippen LogP contribution in [0.5, 0.6) is 0 Å². The van der Waals surface area contributed by atoms with Crippen LogP contribution in [0.3, 0.4) is 0 Å². The fraction of sp³-hybridized carbons (Fsp3) is 0.333. The van der Waals surface area contributed by atoms with Crippen molar-refractivity contribution < 1.29 is 4.79 Å². The van der Waals surface area contributed by atoms with Crippen molar-refractivity contribution in [2.45, 2.75) is 6.92 Å². The Morgan fingerprint density at radius 2 is 2.30 bits per heavy atom. The summed E-state index contributed by atoms with van der Waals surface area (Å²) in [5.74, 6) is -0.502. The summed E-state index contributed by atoms with van der Waals surface area (Å²) < 4.78 is 0. The number of hydrogen-bond acceptors (Lipinski definition) is 3. The minimum absolute atomic E-state index is 0.343. The number of nitrogens with zero attached hydrogens (tertiary/aromatic N) is 2. The maximum absolute atomic E-state index is 10.6. The van der Waals surface area contributed by atoms with Crippen LogP contribution in [0.2, 0.25) is 0 Å². The number of amides is 1. The van der Waals surface area contributed by atoms with Gasteiger partial charge < -0.3 is 5.73 Å². The van der Waals surface area contributed by atoms with Crippen LogP contribution in [0, 0.1) is 0 Å². The van der Waals surface area contributed by atoms with Crippen molar-refractivity contribution in [3.63, 3.8) is 0 Å². The van der Waals surface area contributed by atoms with E-state index in [2.05, 4.69) is 11.8 Å². The molecule has 0 fully saturated rings. The number of carbonyl (C=O) groups is 1. The Balaban J connectivity index is 4.37. The zero-order valence-corrected chi connectivity index (χ0v) is 6.16. The first kappa shape index (κ1) is 8.68. The molecule has 10 heavy (non-hydrogen) atoms. The van der Waals surface area contributed by atoms with Gasteiger partial charge in [-0.05, 0) is 6.92 Å². The number of likely N-dealkylation sites (N-methyl/N-ethyl adjacent to an activating group) is 1. The summed E-state index contributed by atoms with van der Waals surface area (Å²) >= 11 is 0. The maximum Gasteiger partial charge on any atom is 0.266 e. The fourth-order valence-corrected chi connectivity index (χ4v) is 0.565. The molecule has 0 aromatic rings. The van der Waals surface area contributed by atoms with Crippen LogP contribution in [0.15, 0.2) is 16.9 Å². The number of hydrogen-bond donors (Lipinski definition) is 1. The van der Waals surface area contributed by atoms with Crippen molar-refractivity contribution in [1.82, 2.24) is 5.01 Å². The van der Waals surface area contributed by atoms with Crippen molar-refractivity contribution in [2.75, 3.05) is 7.05 Å². The first-order valence-electron chi connectivity index (χ1n) is 2.80. The molecule has 2 N–H and O–H groups in total. The monoisotopic (exact) mass is 141 g/mol. The van der Waals surface area contributed by atoms with Gasteiger partial charge in [-0.3, -0.25) is 9.80 Å². The van der Waals surface area contributed by atoms with Crippen LogP contribution in [-0.2, 0) is 4.79 Å². The molecule has 0 aromatic heterocycles. The minimum atomic E-state index is -0.502. The molecule has 0 aliphatic rings. The SMILES string of the molecule is C=NN(C)/C(=C\C)C(N)=O. The molecule has 1 amide bonds. The molecule has 0 aliphatic heterocycles. The predicted octanol–water partition coefficient (Wildman–Crippen LogP) is -0.0771. The minimum Gasteiger partial charge on any atom is -0.364 e. The lowest BCUT2D eigenvalue weighted by molar-refractivity contribution is -0.115. The van der Waals surface area contributed by atoms with Gasteiger partial charge >= 0.3 is 0 Å². The lowest BCUT2D eigenvalue weighted by Gasteiger charge is -2.11. The highest BCUT2D eigenvalue weighted by Gasteiger charge is 2.05. The zero-order valence-electron chi connectivity index (χ0n) is 6.16. The summed E-state index contributed by atoms with van der Waals surface area (Å²) in [6.45, 7) is 4.95. The van der Waals surface area contributed by atoms with E-state index in [0.717, 1.165) is 0 Å². The third-order valence-corrected chi connectivity index (χ3v) is 1.09. The zero-order chi connectivity index (χ0) is 8.15. The average Bonchev–Trinajstić information content (AvgIpc) is 1.88. The number of hydrazone groups is 1. The van der Waals surface area contributed by atoms with Gasteiger partial charge in [-0.15, -0.1) is 0 Å². The van der Waals surface area contributed by atoms with E-state index >= 15 is 0 Å². The second-order valence-electron chi connectivity index (χ2n) is 1.70. The van der Waals surface area contributed by atoms with Crippen LogP contribution in [0.25, 0.3) is 0 Å². The van der Waals surface area contributed by atoms with Crippen LogP contribution in [0.1, 0.15) is 6.92 Å². The molecule has 0 saturated heterocycles. The van der Waals surface area contributed by atoms with Gasteiger partial charge in [0, 0.05) is 13.8 Å². The Kier molecular flexibility index (Phi) is 3.17. The van der Waals surface area contributed by atoms with Gasteiger partial charge in [-0.1, -0.05) is 6.08 Å². The average molecular weight is 141 g/mol. The molecule has 0 radical (unpaired) electrons. The quantitative estimate of drug-likeness (QED) is 0.339. The van der Waals surface area contributed by atoms with Crippen LogP contribution >= 0.6 is 0 Å². The highest BCUT2D eigenvalue weighted by Crippen LogP contribution is 1.98. The number of carbonyl (C=O) groups excluding carboxylic acids is 1. The van der Waals surface area contributed by atoms with Gasteiger partial charge in [0.1, 0.15) is 5.70 Å². The first-order valence-corrected chi connectivity index (χ1v) is 2.80. The molecule has 4 heteroatoms. The molecule has 0 bridgehead atoms. The van der Waals surface area contributed by atoms with E-state index in [1.807, 2.05) is 0 Å². The van der Waals surface area contributed by atoms with Gasteiger partial charge in [-0.2, -0.15) is 5.10 Å². The maximum atomic E-state index is 10.6. The van der Waals surface area contributed by atoms with E-state index in [0.29, 0.717) is 5.70 Å². The van der Waals surface area contributed by atoms with Crippen LogP contribution in [-0.4, -0.2) is 24.7 Å². The van der Waals surface area contributed by atoms with Crippen LogP contribution < -0.4 is 5.73 Å². The Morgan fingerprint density at radius 1 is 1.80 bits per heavy atom. The summed E-state index contributed by atoms with van der Waals surface area (Å²) in [5, 5.41) is 4.82. The van der Waals surface area contributed by atoms with Gasteiger partial charge in [0.2, 0.25) is 0 Å². The lowest BCUT2D eigenvalue weighted by Crippen LogP contribution is -2.24. The summed E-state index contributed by atoms with van der Waals surface area (Å²) in [4.78, 5) is 10.6. The van der Waals surface area contributed by atoms with Gasteiger partial charge in [0.15, 0.2) is 0 Å². The van der Waals surface area contributed by atoms with E-state index in [9.17, 15) is 4.79 Å². The van der Waals surface area contributed by atoms with E-state index < -0.39 is 5.91 Å². The highest BCUT2D eigenvalue weighted by atomic mass is 16.1. The van der Waals surface area contributed by atoms with Crippen molar-refractivity contribution in [3.8, 4) is 0 Å². The molecule has 4 nitrogen and oxygen atoms in total. The topological polar surface area (TPSA) is 58.7 Å². The normalized spacial score (nSPS) is 10.8. The van der Waals surface area contributed by atoms with Gasteiger partial charge in [-0.25, -0.2) is 0 Å². The summed E-state index contributed by atoms with van der Waals surface area (Å²) in [5.41, 5.74) is 5.33. The second-order valence-corrected chi connectivity index (χ2v) is 1.70.